The first-order valence-corrected chi connectivity index (χ1v) is 6.96. The van der Waals surface area contributed by atoms with Gasteiger partial charge in [-0.2, -0.15) is 5.26 Å². The number of nitrogens with zero attached hydrogens (tertiary/aromatic N) is 3. The first kappa shape index (κ1) is 16.0. The number of aromatic nitrogens is 2. The van der Waals surface area contributed by atoms with Crippen LogP contribution in [-0.2, 0) is 4.74 Å². The number of nitro groups is 1. The van der Waals surface area contributed by atoms with Crippen LogP contribution in [0.5, 0.6) is 5.88 Å². The zero-order chi connectivity index (χ0) is 18.1. The molecule has 0 bridgehead atoms. The number of nitrogens with one attached hydrogen (secondary N) is 1. The molecule has 10 nitrogen and oxygen atoms in total. The molecule has 0 spiro atoms. The minimum absolute atomic E-state index is 0.00778. The van der Waals surface area contributed by atoms with E-state index in [4.69, 9.17) is 15.2 Å². The number of non-ortho nitro benzene ring substituents is 1. The molecular formula is C15H11N5O5. The van der Waals surface area contributed by atoms with Gasteiger partial charge >= 0.3 is 5.97 Å². The second kappa shape index (κ2) is 5.97. The van der Waals surface area contributed by atoms with Crippen LogP contribution in [0, 0.1) is 21.4 Å². The van der Waals surface area contributed by atoms with Crippen LogP contribution in [0.3, 0.4) is 0 Å². The molecule has 25 heavy (non-hydrogen) atoms. The Kier molecular flexibility index (Phi) is 3.82. The van der Waals surface area contributed by atoms with Crippen molar-refractivity contribution in [1.82, 2.24) is 10.2 Å². The van der Waals surface area contributed by atoms with Gasteiger partial charge in [0.1, 0.15) is 11.6 Å². The van der Waals surface area contributed by atoms with Crippen molar-refractivity contribution >= 4 is 11.7 Å². The van der Waals surface area contributed by atoms with Crippen LogP contribution < -0.4 is 10.5 Å². The molecule has 3 N–H and O–H groups in total. The number of hydrogen-bond acceptors (Lipinski definition) is 8. The molecule has 0 saturated carbocycles. The highest BCUT2D eigenvalue weighted by Crippen LogP contribution is 2.43. The summed E-state index contributed by atoms with van der Waals surface area (Å²) in [7, 11) is 1.19. The number of fused-ring (bicyclic) bond motifs is 1. The van der Waals surface area contributed by atoms with Crippen LogP contribution in [0.25, 0.3) is 0 Å². The van der Waals surface area contributed by atoms with E-state index in [1.54, 1.807) is 6.07 Å². The second-order valence-corrected chi connectivity index (χ2v) is 5.09. The molecule has 1 aliphatic heterocycles. The Hall–Kier alpha value is -3.87. The van der Waals surface area contributed by atoms with Crippen molar-refractivity contribution < 1.29 is 19.2 Å². The van der Waals surface area contributed by atoms with Gasteiger partial charge in [0.2, 0.25) is 11.8 Å². The summed E-state index contributed by atoms with van der Waals surface area (Å²) in [6.45, 7) is 0. The number of esters is 1. The molecule has 1 aromatic heterocycles. The van der Waals surface area contributed by atoms with Crippen LogP contribution in [0.4, 0.5) is 5.69 Å². The van der Waals surface area contributed by atoms with E-state index in [1.807, 2.05) is 6.07 Å². The fourth-order valence-corrected chi connectivity index (χ4v) is 2.65. The van der Waals surface area contributed by atoms with E-state index in [2.05, 4.69) is 10.2 Å². The second-order valence-electron chi connectivity index (χ2n) is 5.09. The highest BCUT2D eigenvalue weighted by Gasteiger charge is 2.37. The zero-order valence-corrected chi connectivity index (χ0v) is 12.8. The SMILES string of the molecule is COC(=O)c1[nH]nc2c1C(c1cccc([N+](=O)[O-])c1)C(C#N)=C(N)O2. The van der Waals surface area contributed by atoms with Crippen molar-refractivity contribution in [3.63, 3.8) is 0 Å². The van der Waals surface area contributed by atoms with E-state index >= 15 is 0 Å². The molecule has 1 aliphatic rings. The van der Waals surface area contributed by atoms with Crippen LogP contribution in [-0.4, -0.2) is 28.2 Å². The van der Waals surface area contributed by atoms with Crippen molar-refractivity contribution in [3.8, 4) is 11.9 Å². The smallest absolute Gasteiger partial charge is 0.356 e. The van der Waals surface area contributed by atoms with Gasteiger partial charge in [-0.25, -0.2) is 4.79 Å². The number of nitrogens with two attached hydrogens (primary N) is 1. The number of carbonyl (C=O) groups is 1. The molecule has 0 fully saturated rings. The Morgan fingerprint density at radius 3 is 2.96 bits per heavy atom. The van der Waals surface area contributed by atoms with Crippen molar-refractivity contribution in [2.24, 2.45) is 5.73 Å². The van der Waals surface area contributed by atoms with Gasteiger partial charge in [0, 0.05) is 12.1 Å². The number of H-pyrrole nitrogens is 1. The molecule has 3 rings (SSSR count). The molecule has 1 atom stereocenters. The Balaban J connectivity index is 2.25. The van der Waals surface area contributed by atoms with Crippen molar-refractivity contribution in [3.05, 3.63) is 62.7 Å². The van der Waals surface area contributed by atoms with E-state index in [-0.39, 0.29) is 34.3 Å². The summed E-state index contributed by atoms with van der Waals surface area (Å²) in [6, 6.07) is 7.62. The maximum absolute atomic E-state index is 12.0. The van der Waals surface area contributed by atoms with Gasteiger partial charge < -0.3 is 15.2 Å². The number of carbonyl (C=O) groups excluding carboxylic acids is 1. The summed E-state index contributed by atoms with van der Waals surface area (Å²) >= 11 is 0. The van der Waals surface area contributed by atoms with Gasteiger partial charge in [0.05, 0.1) is 23.5 Å². The molecule has 0 amide bonds. The number of methoxy groups -OCH3 is 1. The summed E-state index contributed by atoms with van der Waals surface area (Å²) in [5, 5.41) is 26.9. The van der Waals surface area contributed by atoms with E-state index in [0.717, 1.165) is 0 Å². The van der Waals surface area contributed by atoms with Crippen LogP contribution in [0.15, 0.2) is 35.7 Å². The van der Waals surface area contributed by atoms with Crippen molar-refractivity contribution in [2.75, 3.05) is 7.11 Å². The van der Waals surface area contributed by atoms with E-state index in [0.29, 0.717) is 5.56 Å². The number of nitriles is 1. The first-order valence-electron chi connectivity index (χ1n) is 6.96. The topological polar surface area (TPSA) is 157 Å². The van der Waals surface area contributed by atoms with E-state index < -0.39 is 16.8 Å². The number of hydrogen-bond donors (Lipinski definition) is 2. The van der Waals surface area contributed by atoms with Crippen molar-refractivity contribution in [1.29, 1.82) is 5.26 Å². The van der Waals surface area contributed by atoms with Crippen LogP contribution >= 0.6 is 0 Å². The minimum atomic E-state index is -0.860. The third kappa shape index (κ3) is 2.53. The van der Waals surface area contributed by atoms with E-state index in [9.17, 15) is 20.2 Å². The number of aromatic amines is 1. The van der Waals surface area contributed by atoms with Gasteiger partial charge in [-0.3, -0.25) is 15.2 Å². The first-order chi connectivity index (χ1) is 12.0. The van der Waals surface area contributed by atoms with Crippen LogP contribution in [0.2, 0.25) is 0 Å². The lowest BCUT2D eigenvalue weighted by atomic mass is 9.84. The molecular weight excluding hydrogens is 330 g/mol. The number of allylic oxidation sites excluding steroid dienone is 1. The number of nitro benzene ring substituents is 1. The normalized spacial score (nSPS) is 15.8. The quantitative estimate of drug-likeness (QED) is 0.480. The average molecular weight is 341 g/mol. The molecule has 0 radical (unpaired) electrons. The zero-order valence-electron chi connectivity index (χ0n) is 12.8. The lowest BCUT2D eigenvalue weighted by Crippen LogP contribution is -2.22. The van der Waals surface area contributed by atoms with Gasteiger partial charge in [-0.1, -0.05) is 12.1 Å². The number of benzene rings is 1. The fourth-order valence-electron chi connectivity index (χ4n) is 2.65. The molecule has 2 heterocycles. The molecule has 0 saturated heterocycles. The number of ether oxygens (including phenoxy) is 2. The molecule has 1 aromatic carbocycles. The maximum Gasteiger partial charge on any atom is 0.356 e. The van der Waals surface area contributed by atoms with Gasteiger partial charge in [0.15, 0.2) is 5.69 Å². The molecule has 2 aromatic rings. The van der Waals surface area contributed by atoms with E-state index in [1.165, 1.54) is 25.3 Å². The highest BCUT2D eigenvalue weighted by atomic mass is 16.6. The highest BCUT2D eigenvalue weighted by molar-refractivity contribution is 5.90. The summed E-state index contributed by atoms with van der Waals surface area (Å²) < 4.78 is 9.99. The molecule has 1 unspecified atom stereocenters. The molecule has 10 heteroatoms. The summed E-state index contributed by atoms with van der Waals surface area (Å²) in [5.74, 6) is -1.75. The predicted octanol–water partition coefficient (Wildman–Crippen LogP) is 1.32. The Bertz CT molecular complexity index is 955. The largest absolute Gasteiger partial charge is 0.464 e. The standard InChI is InChI=1S/C15H11N5O5/c1-24-15(21)12-11-10(7-3-2-4-8(5-7)20(22)23)9(6-16)13(17)25-14(11)19-18-12/h2-5,10H,17H2,1H3,(H,18,19). The lowest BCUT2D eigenvalue weighted by molar-refractivity contribution is -0.384. The monoisotopic (exact) mass is 341 g/mol. The molecule has 126 valence electrons. The summed E-state index contributed by atoms with van der Waals surface area (Å²) in [6.07, 6.45) is 0. The molecule has 0 aliphatic carbocycles. The lowest BCUT2D eigenvalue weighted by Gasteiger charge is -2.23. The predicted molar refractivity (Wildman–Crippen MR) is 82.3 cm³/mol. The van der Waals surface area contributed by atoms with Gasteiger partial charge in [-0.15, -0.1) is 5.10 Å². The Morgan fingerprint density at radius 1 is 1.56 bits per heavy atom. The third-order valence-electron chi connectivity index (χ3n) is 3.74. The summed E-state index contributed by atoms with van der Waals surface area (Å²) in [4.78, 5) is 22.5. The Labute approximate surface area is 140 Å². The van der Waals surface area contributed by atoms with Gasteiger partial charge in [0.25, 0.3) is 5.69 Å². The third-order valence-corrected chi connectivity index (χ3v) is 3.74. The summed E-state index contributed by atoms with van der Waals surface area (Å²) in [5.41, 5.74) is 6.24. The fraction of sp³-hybridized carbons (Fsp3) is 0.133. The van der Waals surface area contributed by atoms with Crippen LogP contribution in [0.1, 0.15) is 27.5 Å². The van der Waals surface area contributed by atoms with Crippen molar-refractivity contribution in [2.45, 2.75) is 5.92 Å². The maximum atomic E-state index is 12.0. The minimum Gasteiger partial charge on any atom is -0.464 e. The average Bonchev–Trinajstić information content (AvgIpc) is 3.03. The Morgan fingerprint density at radius 2 is 2.32 bits per heavy atom. The number of rotatable bonds is 3. The van der Waals surface area contributed by atoms with Gasteiger partial charge in [-0.05, 0) is 5.56 Å².